The van der Waals surface area contributed by atoms with Crippen molar-refractivity contribution < 1.29 is 19.7 Å². The summed E-state index contributed by atoms with van der Waals surface area (Å²) in [5, 5.41) is 20.4. The number of methoxy groups -OCH3 is 1. The predicted octanol–water partition coefficient (Wildman–Crippen LogP) is 3.39. The Labute approximate surface area is 157 Å². The maximum Gasteiger partial charge on any atom is 0.313 e. The summed E-state index contributed by atoms with van der Waals surface area (Å²) in [7, 11) is 1.67. The largest absolute Gasteiger partial charge is 0.496 e. The summed E-state index contributed by atoms with van der Waals surface area (Å²) in [5.41, 5.74) is 2.33. The standard InChI is InChI=1S/C21H33NO4/c1-14(2)6-8-21(20(24)25)13-22(9-7-19(21)23)12-17-10-16(4)18(26-5)11-15(17)3/h10-11,14,19,23H,6-9,12-13H2,1-5H3,(H,24,25)/t19-,21-/m1/s1. The molecule has 0 unspecified atom stereocenters. The molecular formula is C21H33NO4. The Morgan fingerprint density at radius 1 is 1.35 bits per heavy atom. The van der Waals surface area contributed by atoms with Gasteiger partial charge in [-0.15, -0.1) is 0 Å². The van der Waals surface area contributed by atoms with E-state index in [9.17, 15) is 15.0 Å². The molecule has 0 bridgehead atoms. The molecule has 1 fully saturated rings. The van der Waals surface area contributed by atoms with Crippen molar-refractivity contribution in [3.8, 4) is 5.75 Å². The maximum atomic E-state index is 12.1. The summed E-state index contributed by atoms with van der Waals surface area (Å²) >= 11 is 0. The van der Waals surface area contributed by atoms with Gasteiger partial charge in [0.15, 0.2) is 0 Å². The average Bonchev–Trinajstić information content (AvgIpc) is 2.58. The van der Waals surface area contributed by atoms with Crippen molar-refractivity contribution >= 4 is 5.97 Å². The van der Waals surface area contributed by atoms with Crippen LogP contribution in [0, 0.1) is 25.2 Å². The number of aliphatic hydroxyl groups is 1. The number of nitrogens with zero attached hydrogens (tertiary/aromatic N) is 1. The Balaban J connectivity index is 2.21. The third-order valence-corrected chi connectivity index (χ3v) is 5.70. The number of piperidine rings is 1. The molecule has 26 heavy (non-hydrogen) atoms. The second kappa shape index (κ2) is 8.40. The molecular weight excluding hydrogens is 330 g/mol. The first-order valence-corrected chi connectivity index (χ1v) is 9.47. The molecule has 146 valence electrons. The van der Waals surface area contributed by atoms with Crippen molar-refractivity contribution in [3.63, 3.8) is 0 Å². The fourth-order valence-electron chi connectivity index (χ4n) is 3.89. The summed E-state index contributed by atoms with van der Waals surface area (Å²) in [6.45, 7) is 10.0. The van der Waals surface area contributed by atoms with Gasteiger partial charge in [0.25, 0.3) is 0 Å². The fourth-order valence-corrected chi connectivity index (χ4v) is 3.89. The Kier molecular flexibility index (Phi) is 6.69. The van der Waals surface area contributed by atoms with Crippen molar-refractivity contribution in [3.05, 3.63) is 28.8 Å². The number of carboxylic acids is 1. The van der Waals surface area contributed by atoms with Gasteiger partial charge in [-0.25, -0.2) is 0 Å². The molecule has 0 spiro atoms. The number of hydrogen-bond acceptors (Lipinski definition) is 4. The van der Waals surface area contributed by atoms with E-state index in [1.165, 1.54) is 5.56 Å². The van der Waals surface area contributed by atoms with Crippen molar-refractivity contribution in [1.29, 1.82) is 0 Å². The average molecular weight is 363 g/mol. The molecule has 0 amide bonds. The van der Waals surface area contributed by atoms with Crippen LogP contribution < -0.4 is 4.74 Å². The lowest BCUT2D eigenvalue weighted by Crippen LogP contribution is -2.55. The zero-order valence-electron chi connectivity index (χ0n) is 16.7. The molecule has 5 nitrogen and oxygen atoms in total. The van der Waals surface area contributed by atoms with Crippen LogP contribution in [-0.2, 0) is 11.3 Å². The van der Waals surface area contributed by atoms with E-state index in [0.717, 1.165) is 23.3 Å². The second-order valence-corrected chi connectivity index (χ2v) is 8.16. The topological polar surface area (TPSA) is 70.0 Å². The summed E-state index contributed by atoms with van der Waals surface area (Å²) in [4.78, 5) is 14.3. The van der Waals surface area contributed by atoms with E-state index in [2.05, 4.69) is 31.7 Å². The minimum Gasteiger partial charge on any atom is -0.496 e. The van der Waals surface area contributed by atoms with Crippen LogP contribution in [0.25, 0.3) is 0 Å². The zero-order chi connectivity index (χ0) is 19.5. The van der Waals surface area contributed by atoms with Crippen LogP contribution in [0.15, 0.2) is 12.1 Å². The Morgan fingerprint density at radius 3 is 2.62 bits per heavy atom. The molecule has 5 heteroatoms. The molecule has 2 atom stereocenters. The fraction of sp³-hybridized carbons (Fsp3) is 0.667. The van der Waals surface area contributed by atoms with Crippen LogP contribution >= 0.6 is 0 Å². The van der Waals surface area contributed by atoms with Gasteiger partial charge in [-0.2, -0.15) is 0 Å². The number of carboxylic acid groups (broad SMARTS) is 1. The lowest BCUT2D eigenvalue weighted by Gasteiger charge is -2.44. The number of aliphatic carboxylic acids is 1. The van der Waals surface area contributed by atoms with Gasteiger partial charge in [0, 0.05) is 19.6 Å². The highest BCUT2D eigenvalue weighted by atomic mass is 16.5. The van der Waals surface area contributed by atoms with Crippen LogP contribution in [-0.4, -0.2) is 47.4 Å². The minimum absolute atomic E-state index is 0.390. The molecule has 1 aliphatic rings. The third kappa shape index (κ3) is 4.38. The molecule has 0 aromatic heterocycles. The molecule has 2 rings (SSSR count). The van der Waals surface area contributed by atoms with E-state index >= 15 is 0 Å². The lowest BCUT2D eigenvalue weighted by molar-refractivity contribution is -0.165. The van der Waals surface area contributed by atoms with E-state index in [-0.39, 0.29) is 0 Å². The highest BCUT2D eigenvalue weighted by molar-refractivity contribution is 5.76. The number of likely N-dealkylation sites (tertiary alicyclic amines) is 1. The summed E-state index contributed by atoms with van der Waals surface area (Å²) in [5.74, 6) is 0.412. The van der Waals surface area contributed by atoms with E-state index in [1.54, 1.807) is 7.11 Å². The van der Waals surface area contributed by atoms with Gasteiger partial charge >= 0.3 is 5.97 Å². The van der Waals surface area contributed by atoms with Gasteiger partial charge in [-0.05, 0) is 61.8 Å². The number of rotatable bonds is 7. The highest BCUT2D eigenvalue weighted by Crippen LogP contribution is 2.37. The van der Waals surface area contributed by atoms with E-state index in [1.807, 2.05) is 13.0 Å². The quantitative estimate of drug-likeness (QED) is 0.777. The first kappa shape index (κ1) is 20.7. The Bertz CT molecular complexity index is 643. The van der Waals surface area contributed by atoms with E-state index < -0.39 is 17.5 Å². The highest BCUT2D eigenvalue weighted by Gasteiger charge is 2.48. The zero-order valence-corrected chi connectivity index (χ0v) is 16.7. The number of benzene rings is 1. The first-order valence-electron chi connectivity index (χ1n) is 9.47. The van der Waals surface area contributed by atoms with Crippen LogP contribution in [0.2, 0.25) is 0 Å². The molecule has 1 heterocycles. The summed E-state index contributed by atoms with van der Waals surface area (Å²) in [6.07, 6.45) is 1.03. The first-order chi connectivity index (χ1) is 12.2. The van der Waals surface area contributed by atoms with Gasteiger partial charge in [0.2, 0.25) is 0 Å². The number of hydrogen-bond donors (Lipinski definition) is 2. The normalized spacial score (nSPS) is 24.0. The van der Waals surface area contributed by atoms with Crippen molar-refractivity contribution in [2.45, 2.75) is 59.6 Å². The number of aryl methyl sites for hydroxylation is 2. The van der Waals surface area contributed by atoms with Gasteiger partial charge < -0.3 is 14.9 Å². The molecule has 1 aromatic carbocycles. The second-order valence-electron chi connectivity index (χ2n) is 8.16. The van der Waals surface area contributed by atoms with Crippen LogP contribution in [0.1, 0.15) is 49.8 Å². The number of ether oxygens (including phenoxy) is 1. The predicted molar refractivity (Wildman–Crippen MR) is 103 cm³/mol. The summed E-state index contributed by atoms with van der Waals surface area (Å²) < 4.78 is 5.38. The minimum atomic E-state index is -1.07. The van der Waals surface area contributed by atoms with Gasteiger partial charge in [0.05, 0.1) is 13.2 Å². The molecule has 2 N–H and O–H groups in total. The van der Waals surface area contributed by atoms with Crippen molar-refractivity contribution in [2.24, 2.45) is 11.3 Å². The van der Waals surface area contributed by atoms with Crippen LogP contribution in [0.5, 0.6) is 5.75 Å². The molecule has 1 aliphatic heterocycles. The van der Waals surface area contributed by atoms with Gasteiger partial charge in [0.1, 0.15) is 11.2 Å². The number of aliphatic hydroxyl groups excluding tert-OH is 1. The van der Waals surface area contributed by atoms with E-state index in [4.69, 9.17) is 4.74 Å². The molecule has 0 aliphatic carbocycles. The SMILES string of the molecule is COc1cc(C)c(CN2CC[C@@H](O)[C@](CCC(C)C)(C(=O)O)C2)cc1C. The van der Waals surface area contributed by atoms with Crippen molar-refractivity contribution in [2.75, 3.05) is 20.2 Å². The van der Waals surface area contributed by atoms with Gasteiger partial charge in [-0.1, -0.05) is 19.9 Å². The maximum absolute atomic E-state index is 12.1. The molecule has 1 saturated heterocycles. The van der Waals surface area contributed by atoms with Gasteiger partial charge in [-0.3, -0.25) is 9.69 Å². The molecule has 0 saturated carbocycles. The lowest BCUT2D eigenvalue weighted by atomic mass is 9.72. The monoisotopic (exact) mass is 363 g/mol. The smallest absolute Gasteiger partial charge is 0.313 e. The van der Waals surface area contributed by atoms with Crippen molar-refractivity contribution in [1.82, 2.24) is 4.90 Å². The molecule has 0 radical (unpaired) electrons. The number of carbonyl (C=O) groups is 1. The third-order valence-electron chi connectivity index (χ3n) is 5.70. The van der Waals surface area contributed by atoms with Crippen LogP contribution in [0.4, 0.5) is 0 Å². The van der Waals surface area contributed by atoms with E-state index in [0.29, 0.717) is 38.4 Å². The Morgan fingerprint density at radius 2 is 2.04 bits per heavy atom. The Hall–Kier alpha value is -1.59. The molecule has 1 aromatic rings. The van der Waals surface area contributed by atoms with Crippen LogP contribution in [0.3, 0.4) is 0 Å². The summed E-state index contributed by atoms with van der Waals surface area (Å²) in [6, 6.07) is 4.16.